The third-order valence-electron chi connectivity index (χ3n) is 3.65. The lowest BCUT2D eigenvalue weighted by Crippen LogP contribution is -2.29. The fourth-order valence-corrected chi connectivity index (χ4v) is 2.49. The molecule has 0 bridgehead atoms. The summed E-state index contributed by atoms with van der Waals surface area (Å²) in [4.78, 5) is 16.7. The zero-order chi connectivity index (χ0) is 16.6. The van der Waals surface area contributed by atoms with Crippen molar-refractivity contribution in [2.75, 3.05) is 0 Å². The molecule has 0 unspecified atom stereocenters. The summed E-state index contributed by atoms with van der Waals surface area (Å²) in [5.74, 6) is 1.12. The maximum Gasteiger partial charge on any atom is 0.251 e. The van der Waals surface area contributed by atoms with Crippen LogP contribution < -0.4 is 5.32 Å². The Hall–Kier alpha value is -2.70. The van der Waals surface area contributed by atoms with Gasteiger partial charge in [0, 0.05) is 18.5 Å². The first-order valence-corrected chi connectivity index (χ1v) is 7.53. The molecule has 3 rings (SSSR count). The van der Waals surface area contributed by atoms with E-state index < -0.39 is 0 Å². The smallest absolute Gasteiger partial charge is 0.251 e. The molecule has 7 nitrogen and oxygen atoms in total. The van der Waals surface area contributed by atoms with E-state index in [1.165, 1.54) is 0 Å². The van der Waals surface area contributed by atoms with Crippen LogP contribution in [0.15, 0.2) is 28.9 Å². The molecule has 0 saturated carbocycles. The summed E-state index contributed by atoms with van der Waals surface area (Å²) in [6.45, 7) is 7.75. The van der Waals surface area contributed by atoms with Crippen molar-refractivity contribution < 1.29 is 9.21 Å². The predicted octanol–water partition coefficient (Wildman–Crippen LogP) is 2.80. The van der Waals surface area contributed by atoms with Gasteiger partial charge in [0.25, 0.3) is 5.91 Å². The highest BCUT2D eigenvalue weighted by Crippen LogP contribution is 2.18. The lowest BCUT2D eigenvalue weighted by atomic mass is 10.1. The van der Waals surface area contributed by atoms with Crippen LogP contribution in [0.3, 0.4) is 0 Å². The molecule has 0 radical (unpaired) electrons. The van der Waals surface area contributed by atoms with Crippen LogP contribution in [-0.2, 0) is 0 Å². The Morgan fingerprint density at radius 2 is 2.09 bits per heavy atom. The van der Waals surface area contributed by atoms with Crippen LogP contribution in [0.4, 0.5) is 0 Å². The average Bonchev–Trinajstić information content (AvgIpc) is 3.11. The number of amides is 1. The van der Waals surface area contributed by atoms with E-state index in [9.17, 15) is 4.79 Å². The van der Waals surface area contributed by atoms with Gasteiger partial charge in [0.15, 0.2) is 17.3 Å². The lowest BCUT2D eigenvalue weighted by Gasteiger charge is -2.16. The van der Waals surface area contributed by atoms with E-state index in [2.05, 4.69) is 20.5 Å². The van der Waals surface area contributed by atoms with Gasteiger partial charge in [-0.1, -0.05) is 0 Å². The van der Waals surface area contributed by atoms with Crippen molar-refractivity contribution in [1.82, 2.24) is 25.1 Å². The number of fused-ring (bicyclic) bond motifs is 1. The molecule has 0 saturated heterocycles. The van der Waals surface area contributed by atoms with Gasteiger partial charge < -0.3 is 14.3 Å². The largest absolute Gasteiger partial charge is 0.441 e. The highest BCUT2D eigenvalue weighted by molar-refractivity contribution is 5.97. The summed E-state index contributed by atoms with van der Waals surface area (Å²) < 4.78 is 7.41. The van der Waals surface area contributed by atoms with Crippen LogP contribution in [-0.4, -0.2) is 25.7 Å². The number of hydrogen-bond donors (Lipinski definition) is 1. The van der Waals surface area contributed by atoms with E-state index in [0.717, 1.165) is 11.3 Å². The Morgan fingerprint density at radius 1 is 1.30 bits per heavy atom. The minimum Gasteiger partial charge on any atom is -0.441 e. The maximum atomic E-state index is 12.5. The van der Waals surface area contributed by atoms with Crippen molar-refractivity contribution in [1.29, 1.82) is 0 Å². The Bertz CT molecular complexity index is 849. The number of carbonyl (C=O) groups excluding carboxylic acids is 1. The Balaban J connectivity index is 1.80. The lowest BCUT2D eigenvalue weighted by molar-refractivity contribution is 0.0937. The van der Waals surface area contributed by atoms with Crippen molar-refractivity contribution in [2.45, 2.75) is 39.8 Å². The number of benzene rings is 1. The van der Waals surface area contributed by atoms with E-state index in [4.69, 9.17) is 4.42 Å². The van der Waals surface area contributed by atoms with E-state index in [0.29, 0.717) is 17.0 Å². The maximum absolute atomic E-state index is 12.5. The summed E-state index contributed by atoms with van der Waals surface area (Å²) in [6, 6.07) is 5.19. The normalized spacial score (nSPS) is 12.7. The molecule has 3 aromatic rings. The van der Waals surface area contributed by atoms with Gasteiger partial charge in [-0.3, -0.25) is 4.79 Å². The predicted molar refractivity (Wildman–Crippen MR) is 85.0 cm³/mol. The second kappa shape index (κ2) is 5.83. The zero-order valence-electron chi connectivity index (χ0n) is 13.6. The van der Waals surface area contributed by atoms with Crippen molar-refractivity contribution in [3.05, 3.63) is 41.8 Å². The molecule has 1 amide bonds. The van der Waals surface area contributed by atoms with Crippen LogP contribution in [0.2, 0.25) is 0 Å². The van der Waals surface area contributed by atoms with E-state index >= 15 is 0 Å². The molecular weight excluding hydrogens is 294 g/mol. The number of rotatable bonds is 4. The van der Waals surface area contributed by atoms with Crippen LogP contribution in [0.5, 0.6) is 0 Å². The molecule has 0 aliphatic rings. The standard InChI is InChI=1S/C16H19N5O2/c1-9(2)21-8-17-20-15(21)10(3)18-16(22)12-5-6-13-14(7-12)23-11(4)19-13/h5-10H,1-4H3,(H,18,22)/t10-/m0/s1. The van der Waals surface area contributed by atoms with E-state index in [-0.39, 0.29) is 18.0 Å². The Kier molecular flexibility index (Phi) is 3.85. The third-order valence-corrected chi connectivity index (χ3v) is 3.65. The van der Waals surface area contributed by atoms with E-state index in [1.807, 2.05) is 25.3 Å². The van der Waals surface area contributed by atoms with Gasteiger partial charge in [-0.15, -0.1) is 10.2 Å². The SMILES string of the molecule is Cc1nc2ccc(C(=O)N[C@@H](C)c3nncn3C(C)C)cc2o1. The van der Waals surface area contributed by atoms with E-state index in [1.54, 1.807) is 31.5 Å². The van der Waals surface area contributed by atoms with Crippen molar-refractivity contribution in [2.24, 2.45) is 0 Å². The first-order valence-electron chi connectivity index (χ1n) is 7.53. The number of nitrogens with zero attached hydrogens (tertiary/aromatic N) is 4. The average molecular weight is 313 g/mol. The summed E-state index contributed by atoms with van der Waals surface area (Å²) in [7, 11) is 0. The van der Waals surface area contributed by atoms with Gasteiger partial charge in [0.05, 0.1) is 6.04 Å². The molecule has 1 aromatic carbocycles. The minimum atomic E-state index is -0.250. The van der Waals surface area contributed by atoms with Gasteiger partial charge in [0.1, 0.15) is 11.8 Å². The van der Waals surface area contributed by atoms with Gasteiger partial charge in [-0.2, -0.15) is 0 Å². The first kappa shape index (κ1) is 15.2. The molecular formula is C16H19N5O2. The van der Waals surface area contributed by atoms with Crippen LogP contribution in [0, 0.1) is 6.92 Å². The van der Waals surface area contributed by atoms with Crippen molar-refractivity contribution in [3.8, 4) is 0 Å². The molecule has 1 N–H and O–H groups in total. The van der Waals surface area contributed by atoms with Gasteiger partial charge in [-0.05, 0) is 39.0 Å². The zero-order valence-corrected chi connectivity index (χ0v) is 13.6. The monoisotopic (exact) mass is 313 g/mol. The number of carbonyl (C=O) groups is 1. The third kappa shape index (κ3) is 2.94. The molecule has 2 aromatic heterocycles. The summed E-state index contributed by atoms with van der Waals surface area (Å²) in [5.41, 5.74) is 1.87. The van der Waals surface area contributed by atoms with Crippen LogP contribution in [0.1, 0.15) is 54.9 Å². The number of aromatic nitrogens is 4. The summed E-state index contributed by atoms with van der Waals surface area (Å²) in [6.07, 6.45) is 1.67. The number of nitrogens with one attached hydrogen (secondary N) is 1. The number of oxazole rings is 1. The molecule has 1 atom stereocenters. The first-order chi connectivity index (χ1) is 11.0. The number of aryl methyl sites for hydroxylation is 1. The second-order valence-corrected chi connectivity index (χ2v) is 5.80. The highest BCUT2D eigenvalue weighted by Gasteiger charge is 2.18. The summed E-state index contributed by atoms with van der Waals surface area (Å²) in [5, 5.41) is 11.0. The summed E-state index contributed by atoms with van der Waals surface area (Å²) >= 11 is 0. The quantitative estimate of drug-likeness (QED) is 0.800. The Labute approximate surface area is 133 Å². The fourth-order valence-electron chi connectivity index (χ4n) is 2.49. The van der Waals surface area contributed by atoms with Gasteiger partial charge in [0.2, 0.25) is 0 Å². The molecule has 120 valence electrons. The molecule has 0 fully saturated rings. The van der Waals surface area contributed by atoms with Gasteiger partial charge in [-0.25, -0.2) is 4.98 Å². The van der Waals surface area contributed by atoms with Crippen molar-refractivity contribution in [3.63, 3.8) is 0 Å². The highest BCUT2D eigenvalue weighted by atomic mass is 16.3. The van der Waals surface area contributed by atoms with Gasteiger partial charge >= 0.3 is 0 Å². The van der Waals surface area contributed by atoms with Crippen molar-refractivity contribution >= 4 is 17.0 Å². The van der Waals surface area contributed by atoms with Crippen LogP contribution in [0.25, 0.3) is 11.1 Å². The minimum absolute atomic E-state index is 0.188. The Morgan fingerprint density at radius 3 is 2.83 bits per heavy atom. The number of hydrogen-bond acceptors (Lipinski definition) is 5. The fraction of sp³-hybridized carbons (Fsp3) is 0.375. The molecule has 7 heteroatoms. The van der Waals surface area contributed by atoms with Crippen LogP contribution >= 0.6 is 0 Å². The topological polar surface area (TPSA) is 85.8 Å². The molecule has 0 aliphatic carbocycles. The molecule has 23 heavy (non-hydrogen) atoms. The molecule has 0 spiro atoms. The second-order valence-electron chi connectivity index (χ2n) is 5.80. The molecule has 0 aliphatic heterocycles. The molecule has 2 heterocycles.